The molecule has 0 aliphatic carbocycles. The Bertz CT molecular complexity index is 986. The van der Waals surface area contributed by atoms with Gasteiger partial charge in [0.25, 0.3) is 0 Å². The fourth-order valence-corrected chi connectivity index (χ4v) is 8.01. The average Bonchev–Trinajstić information content (AvgIpc) is 3.27. The lowest BCUT2D eigenvalue weighted by Gasteiger charge is -2.18. The van der Waals surface area contributed by atoms with Crippen LogP contribution in [0.4, 0.5) is 0 Å². The van der Waals surface area contributed by atoms with Gasteiger partial charge in [0.05, 0.1) is 6.61 Å². The molecule has 0 spiro atoms. The first kappa shape index (κ1) is 60.1. The molecule has 5 heteroatoms. The van der Waals surface area contributed by atoms with E-state index in [0.29, 0.717) is 19.4 Å². The zero-order chi connectivity index (χ0) is 44.9. The third kappa shape index (κ3) is 50.8. The second-order valence-corrected chi connectivity index (χ2v) is 18.5. The molecule has 0 aromatic carbocycles. The third-order valence-corrected chi connectivity index (χ3v) is 12.1. The van der Waals surface area contributed by atoms with E-state index in [2.05, 4.69) is 57.2 Å². The number of allylic oxidation sites excluding steroid dienone is 6. The van der Waals surface area contributed by atoms with Crippen LogP contribution in [0.2, 0.25) is 0 Å². The average molecular weight is 871 g/mol. The Balaban J connectivity index is 4.20. The van der Waals surface area contributed by atoms with Gasteiger partial charge in [-0.1, -0.05) is 237 Å². The summed E-state index contributed by atoms with van der Waals surface area (Å²) in [6, 6.07) is 0. The molecule has 0 aliphatic rings. The lowest BCUT2D eigenvalue weighted by molar-refractivity contribution is -0.163. The lowest BCUT2D eigenvalue weighted by atomic mass is 10.1. The zero-order valence-electron chi connectivity index (χ0n) is 41.9. The molecule has 0 bridgehead atoms. The van der Waals surface area contributed by atoms with Crippen LogP contribution in [0.25, 0.3) is 0 Å². The van der Waals surface area contributed by atoms with Gasteiger partial charge in [0, 0.05) is 19.4 Å². The van der Waals surface area contributed by atoms with E-state index in [9.17, 15) is 9.59 Å². The molecule has 0 heterocycles. The van der Waals surface area contributed by atoms with E-state index in [1.54, 1.807) is 0 Å². The number of rotatable bonds is 51. The van der Waals surface area contributed by atoms with E-state index in [4.69, 9.17) is 14.2 Å². The molecular weight excluding hydrogens is 765 g/mol. The van der Waals surface area contributed by atoms with Gasteiger partial charge in [0.15, 0.2) is 6.10 Å². The third-order valence-electron chi connectivity index (χ3n) is 12.1. The van der Waals surface area contributed by atoms with E-state index in [0.717, 1.165) is 51.4 Å². The number of carbonyl (C=O) groups excluding carboxylic acids is 2. The first-order valence-electron chi connectivity index (χ1n) is 27.5. The summed E-state index contributed by atoms with van der Waals surface area (Å²) in [5.41, 5.74) is 0. The summed E-state index contributed by atoms with van der Waals surface area (Å²) < 4.78 is 17.4. The fourth-order valence-electron chi connectivity index (χ4n) is 8.01. The Morgan fingerprint density at radius 2 is 0.677 bits per heavy atom. The van der Waals surface area contributed by atoms with Crippen molar-refractivity contribution < 1.29 is 23.8 Å². The molecule has 0 saturated carbocycles. The van der Waals surface area contributed by atoms with Crippen LogP contribution < -0.4 is 0 Å². The largest absolute Gasteiger partial charge is 0.462 e. The summed E-state index contributed by atoms with van der Waals surface area (Å²) in [6.07, 6.45) is 64.4. The Labute approximate surface area is 387 Å². The smallest absolute Gasteiger partial charge is 0.306 e. The Morgan fingerprint density at radius 1 is 0.355 bits per heavy atom. The van der Waals surface area contributed by atoms with Gasteiger partial charge in [-0.15, -0.1) is 0 Å². The molecule has 0 aromatic rings. The predicted octanol–water partition coefficient (Wildman–Crippen LogP) is 18.6. The zero-order valence-corrected chi connectivity index (χ0v) is 41.9. The maximum absolute atomic E-state index is 12.8. The van der Waals surface area contributed by atoms with Crippen LogP contribution in [0.5, 0.6) is 0 Å². The second-order valence-electron chi connectivity index (χ2n) is 18.5. The van der Waals surface area contributed by atoms with Crippen LogP contribution in [0.15, 0.2) is 36.5 Å². The quantitative estimate of drug-likeness (QED) is 0.0346. The van der Waals surface area contributed by atoms with Gasteiger partial charge in [0.2, 0.25) is 0 Å². The van der Waals surface area contributed by atoms with E-state index >= 15 is 0 Å². The van der Waals surface area contributed by atoms with Crippen LogP contribution in [0.1, 0.15) is 290 Å². The van der Waals surface area contributed by atoms with Crippen molar-refractivity contribution in [2.24, 2.45) is 0 Å². The molecule has 0 N–H and O–H groups in total. The van der Waals surface area contributed by atoms with Crippen molar-refractivity contribution in [3.63, 3.8) is 0 Å². The van der Waals surface area contributed by atoms with E-state index < -0.39 is 6.10 Å². The van der Waals surface area contributed by atoms with Gasteiger partial charge in [0.1, 0.15) is 6.61 Å². The van der Waals surface area contributed by atoms with E-state index in [1.165, 1.54) is 205 Å². The molecule has 0 aliphatic heterocycles. The minimum atomic E-state index is -0.536. The number of carbonyl (C=O) groups is 2. The minimum absolute atomic E-state index is 0.0848. The standard InChI is InChI=1S/C57H106O5/c1-4-7-10-13-16-19-22-24-26-28-30-32-34-37-40-43-46-49-52-60-53-55(62-57(59)51-48-45-42-39-35-21-18-15-12-9-6-3)54-61-56(58)50-47-44-41-38-36-33-31-29-27-25-23-20-17-14-11-8-5-2/h17,20,24-27,55H,4-16,18-19,21-23,28-54H2,1-3H3/b20-17-,26-24-,27-25-. The molecule has 0 aromatic heterocycles. The van der Waals surface area contributed by atoms with Crippen molar-refractivity contribution in [3.8, 4) is 0 Å². The molecule has 0 rings (SSSR count). The molecule has 0 saturated heterocycles. The summed E-state index contributed by atoms with van der Waals surface area (Å²) in [7, 11) is 0. The van der Waals surface area contributed by atoms with Gasteiger partial charge in [-0.2, -0.15) is 0 Å². The van der Waals surface area contributed by atoms with Gasteiger partial charge < -0.3 is 14.2 Å². The first-order valence-corrected chi connectivity index (χ1v) is 27.5. The van der Waals surface area contributed by atoms with Crippen molar-refractivity contribution >= 4 is 11.9 Å². The summed E-state index contributed by atoms with van der Waals surface area (Å²) in [6.45, 7) is 7.83. The lowest BCUT2D eigenvalue weighted by Crippen LogP contribution is -2.30. The highest BCUT2D eigenvalue weighted by atomic mass is 16.6. The van der Waals surface area contributed by atoms with Crippen molar-refractivity contribution in [2.75, 3.05) is 19.8 Å². The number of esters is 2. The van der Waals surface area contributed by atoms with Gasteiger partial charge >= 0.3 is 11.9 Å². The van der Waals surface area contributed by atoms with Crippen molar-refractivity contribution in [1.82, 2.24) is 0 Å². The maximum Gasteiger partial charge on any atom is 0.306 e. The van der Waals surface area contributed by atoms with Gasteiger partial charge in [-0.3, -0.25) is 9.59 Å². The van der Waals surface area contributed by atoms with Crippen LogP contribution in [-0.2, 0) is 23.8 Å². The highest BCUT2D eigenvalue weighted by Gasteiger charge is 2.17. The first-order chi connectivity index (χ1) is 30.6. The molecular formula is C57H106O5. The van der Waals surface area contributed by atoms with E-state index in [-0.39, 0.29) is 25.2 Å². The van der Waals surface area contributed by atoms with Crippen molar-refractivity contribution in [3.05, 3.63) is 36.5 Å². The minimum Gasteiger partial charge on any atom is -0.462 e. The second kappa shape index (κ2) is 53.5. The van der Waals surface area contributed by atoms with Crippen LogP contribution in [0, 0.1) is 0 Å². The highest BCUT2D eigenvalue weighted by Crippen LogP contribution is 2.15. The number of hydrogen-bond donors (Lipinski definition) is 0. The molecule has 0 amide bonds. The van der Waals surface area contributed by atoms with Crippen LogP contribution in [-0.4, -0.2) is 37.9 Å². The van der Waals surface area contributed by atoms with E-state index in [1.807, 2.05) is 0 Å². The molecule has 0 radical (unpaired) electrons. The Morgan fingerprint density at radius 3 is 1.11 bits per heavy atom. The summed E-state index contributed by atoms with van der Waals surface area (Å²) >= 11 is 0. The summed E-state index contributed by atoms with van der Waals surface area (Å²) in [4.78, 5) is 25.4. The van der Waals surface area contributed by atoms with Crippen molar-refractivity contribution in [1.29, 1.82) is 0 Å². The normalized spacial score (nSPS) is 12.4. The fraction of sp³-hybridized carbons (Fsp3) is 0.860. The number of hydrogen-bond acceptors (Lipinski definition) is 5. The van der Waals surface area contributed by atoms with Crippen molar-refractivity contribution in [2.45, 2.75) is 297 Å². The van der Waals surface area contributed by atoms with Crippen LogP contribution in [0.3, 0.4) is 0 Å². The maximum atomic E-state index is 12.8. The summed E-state index contributed by atoms with van der Waals surface area (Å²) in [5, 5.41) is 0. The molecule has 5 nitrogen and oxygen atoms in total. The summed E-state index contributed by atoms with van der Waals surface area (Å²) in [5.74, 6) is -0.393. The highest BCUT2D eigenvalue weighted by molar-refractivity contribution is 5.70. The monoisotopic (exact) mass is 871 g/mol. The molecule has 62 heavy (non-hydrogen) atoms. The van der Waals surface area contributed by atoms with Gasteiger partial charge in [-0.25, -0.2) is 0 Å². The Kier molecular flexibility index (Phi) is 51.8. The predicted molar refractivity (Wildman–Crippen MR) is 270 cm³/mol. The van der Waals surface area contributed by atoms with Gasteiger partial charge in [-0.05, 0) is 77.0 Å². The molecule has 1 unspecified atom stereocenters. The number of ether oxygens (including phenoxy) is 3. The topological polar surface area (TPSA) is 61.8 Å². The SMILES string of the molecule is CCCCC/C=C\C/C=C\CCCCCCCCCC(=O)OCC(COCCCCCCCCCC/C=C\CCCCCCCC)OC(=O)CCCCCCCCCCCCC. The van der Waals surface area contributed by atoms with Crippen LogP contribution >= 0.6 is 0 Å². The Hall–Kier alpha value is -1.88. The molecule has 1 atom stereocenters. The molecule has 0 fully saturated rings. The molecule has 364 valence electrons. The number of unbranched alkanes of at least 4 members (excludes halogenated alkanes) is 34.